The van der Waals surface area contributed by atoms with Crippen molar-refractivity contribution in [3.8, 4) is 6.07 Å². The van der Waals surface area contributed by atoms with Crippen molar-refractivity contribution in [2.45, 2.75) is 51.0 Å². The summed E-state index contributed by atoms with van der Waals surface area (Å²) >= 11 is 0. The fraction of sp³-hybridized carbons (Fsp3) is 0.464. The van der Waals surface area contributed by atoms with Crippen LogP contribution in [0.1, 0.15) is 55.8 Å². The molecular weight excluding hydrogens is 512 g/mol. The van der Waals surface area contributed by atoms with Crippen molar-refractivity contribution >= 4 is 34.3 Å². The summed E-state index contributed by atoms with van der Waals surface area (Å²) in [7, 11) is 0. The third kappa shape index (κ3) is 6.43. The molecule has 4 heterocycles. The summed E-state index contributed by atoms with van der Waals surface area (Å²) in [5, 5.41) is 27.8. The Hall–Kier alpha value is -4.37. The quantitative estimate of drug-likeness (QED) is 0.383. The molecule has 12 heteroatoms. The van der Waals surface area contributed by atoms with E-state index < -0.39 is 5.97 Å². The van der Waals surface area contributed by atoms with E-state index in [4.69, 9.17) is 15.4 Å². The Bertz CT molecular complexity index is 1470. The van der Waals surface area contributed by atoms with Gasteiger partial charge in [0.15, 0.2) is 0 Å². The molecule has 1 aromatic carbocycles. The SMILES string of the molecule is N#CCC(=O)N1CCC(c2nc(Nc3ccc(CN4CCC(CC(=O)O)CC4)cc3)c3c(=O)[nH]ncc3n2)CC1. The van der Waals surface area contributed by atoms with Gasteiger partial charge in [-0.1, -0.05) is 12.1 Å². The Morgan fingerprint density at radius 1 is 1.07 bits per heavy atom. The average Bonchev–Trinajstić information content (AvgIpc) is 2.95. The minimum atomic E-state index is -0.725. The summed E-state index contributed by atoms with van der Waals surface area (Å²) in [5.74, 6) is 0.377. The lowest BCUT2D eigenvalue weighted by atomic mass is 9.93. The second-order valence-electron chi connectivity index (χ2n) is 10.5. The second kappa shape index (κ2) is 12.2. The number of nitrogens with zero attached hydrogens (tertiary/aromatic N) is 6. The molecule has 0 aliphatic carbocycles. The number of carbonyl (C=O) groups is 2. The van der Waals surface area contributed by atoms with Gasteiger partial charge in [0, 0.05) is 37.7 Å². The molecule has 2 aliphatic heterocycles. The van der Waals surface area contributed by atoms with Gasteiger partial charge in [-0.3, -0.25) is 19.3 Å². The Kier molecular flexibility index (Phi) is 8.31. The molecule has 40 heavy (non-hydrogen) atoms. The van der Waals surface area contributed by atoms with Gasteiger partial charge in [0.05, 0.1) is 12.3 Å². The maximum atomic E-state index is 12.7. The highest BCUT2D eigenvalue weighted by Gasteiger charge is 2.27. The normalized spacial score (nSPS) is 17.0. The molecule has 3 aromatic rings. The lowest BCUT2D eigenvalue weighted by molar-refractivity contribution is -0.138. The zero-order chi connectivity index (χ0) is 28.1. The van der Waals surface area contributed by atoms with E-state index in [1.54, 1.807) is 4.90 Å². The van der Waals surface area contributed by atoms with Crippen LogP contribution in [0.5, 0.6) is 0 Å². The number of anilines is 2. The topological polar surface area (TPSA) is 168 Å². The number of carboxylic acids is 1. The first kappa shape index (κ1) is 27.2. The van der Waals surface area contributed by atoms with Gasteiger partial charge in [0.2, 0.25) is 5.91 Å². The average molecular weight is 545 g/mol. The maximum absolute atomic E-state index is 12.7. The van der Waals surface area contributed by atoms with Crippen LogP contribution in [-0.2, 0) is 16.1 Å². The number of benzene rings is 1. The fourth-order valence-electron chi connectivity index (χ4n) is 5.54. The van der Waals surface area contributed by atoms with E-state index in [0.29, 0.717) is 48.5 Å². The molecule has 2 saturated heterocycles. The number of nitriles is 1. The van der Waals surface area contributed by atoms with Crippen molar-refractivity contribution in [2.75, 3.05) is 31.5 Å². The molecule has 0 radical (unpaired) electrons. The van der Waals surface area contributed by atoms with Gasteiger partial charge in [-0.2, -0.15) is 10.4 Å². The smallest absolute Gasteiger partial charge is 0.303 e. The Morgan fingerprint density at radius 2 is 1.80 bits per heavy atom. The maximum Gasteiger partial charge on any atom is 0.303 e. The number of aromatic amines is 1. The summed E-state index contributed by atoms with van der Waals surface area (Å²) in [5.41, 5.74) is 1.99. The first-order chi connectivity index (χ1) is 19.4. The number of carboxylic acid groups (broad SMARTS) is 1. The van der Waals surface area contributed by atoms with Crippen LogP contribution >= 0.6 is 0 Å². The third-order valence-corrected chi connectivity index (χ3v) is 7.77. The molecule has 2 fully saturated rings. The van der Waals surface area contributed by atoms with Gasteiger partial charge < -0.3 is 15.3 Å². The van der Waals surface area contributed by atoms with Crippen LogP contribution in [0.15, 0.2) is 35.3 Å². The van der Waals surface area contributed by atoms with Crippen LogP contribution in [0, 0.1) is 17.2 Å². The molecule has 0 unspecified atom stereocenters. The van der Waals surface area contributed by atoms with Crippen molar-refractivity contribution in [1.29, 1.82) is 5.26 Å². The van der Waals surface area contributed by atoms with Crippen molar-refractivity contribution in [1.82, 2.24) is 30.0 Å². The van der Waals surface area contributed by atoms with E-state index in [0.717, 1.165) is 43.7 Å². The largest absolute Gasteiger partial charge is 0.481 e. The number of piperidine rings is 2. The molecule has 1 amide bonds. The van der Waals surface area contributed by atoms with E-state index in [2.05, 4.69) is 25.4 Å². The van der Waals surface area contributed by atoms with Crippen molar-refractivity contribution < 1.29 is 14.7 Å². The molecule has 3 N–H and O–H groups in total. The highest BCUT2D eigenvalue weighted by molar-refractivity contribution is 5.89. The van der Waals surface area contributed by atoms with Gasteiger partial charge in [-0.05, 0) is 62.4 Å². The van der Waals surface area contributed by atoms with E-state index in [-0.39, 0.29) is 36.1 Å². The molecule has 0 atom stereocenters. The fourth-order valence-corrected chi connectivity index (χ4v) is 5.54. The van der Waals surface area contributed by atoms with Crippen molar-refractivity contribution in [3.63, 3.8) is 0 Å². The first-order valence-electron chi connectivity index (χ1n) is 13.6. The number of amides is 1. The lowest BCUT2D eigenvalue weighted by Crippen LogP contribution is -2.38. The van der Waals surface area contributed by atoms with Crippen LogP contribution in [0.3, 0.4) is 0 Å². The van der Waals surface area contributed by atoms with Gasteiger partial charge in [-0.15, -0.1) is 0 Å². The number of aromatic nitrogens is 4. The van der Waals surface area contributed by atoms with Gasteiger partial charge in [0.1, 0.15) is 29.0 Å². The summed E-state index contributed by atoms with van der Waals surface area (Å²) in [6, 6.07) is 9.89. The standard InChI is InChI=1S/C28H32N8O4/c29-10-5-23(37)36-13-8-20(9-14-36)26-32-22-16-30-34-28(40)25(22)27(33-26)31-21-3-1-19(2-4-21)17-35-11-6-18(7-12-35)15-24(38)39/h1-4,16,18,20H,5-9,11-15,17H2,(H,34,40)(H,38,39)(H,31,32,33). The van der Waals surface area contributed by atoms with Crippen LogP contribution in [-0.4, -0.2) is 73.1 Å². The van der Waals surface area contributed by atoms with Crippen LogP contribution < -0.4 is 10.9 Å². The highest BCUT2D eigenvalue weighted by atomic mass is 16.4. The molecule has 2 aromatic heterocycles. The number of likely N-dealkylation sites (tertiary alicyclic amines) is 2. The number of hydrogen-bond acceptors (Lipinski definition) is 9. The molecule has 0 spiro atoms. The van der Waals surface area contributed by atoms with E-state index in [1.807, 2.05) is 30.3 Å². The second-order valence-corrected chi connectivity index (χ2v) is 10.5. The van der Waals surface area contributed by atoms with E-state index >= 15 is 0 Å². The number of nitrogens with one attached hydrogen (secondary N) is 2. The predicted octanol–water partition coefficient (Wildman–Crippen LogP) is 2.76. The van der Waals surface area contributed by atoms with Crippen LogP contribution in [0.2, 0.25) is 0 Å². The van der Waals surface area contributed by atoms with Gasteiger partial charge in [0.25, 0.3) is 5.56 Å². The summed E-state index contributed by atoms with van der Waals surface area (Å²) in [4.78, 5) is 49.2. The predicted molar refractivity (Wildman–Crippen MR) is 147 cm³/mol. The summed E-state index contributed by atoms with van der Waals surface area (Å²) in [6.07, 6.45) is 4.77. The Labute approximate surface area is 231 Å². The summed E-state index contributed by atoms with van der Waals surface area (Å²) < 4.78 is 0. The monoisotopic (exact) mass is 544 g/mol. The Balaban J connectivity index is 1.28. The molecule has 12 nitrogen and oxygen atoms in total. The van der Waals surface area contributed by atoms with Crippen LogP contribution in [0.4, 0.5) is 11.5 Å². The molecule has 5 rings (SSSR count). The third-order valence-electron chi connectivity index (χ3n) is 7.77. The Morgan fingerprint density at radius 3 is 2.48 bits per heavy atom. The molecule has 208 valence electrons. The molecular formula is C28H32N8O4. The molecule has 0 bridgehead atoms. The molecule has 0 saturated carbocycles. The zero-order valence-corrected chi connectivity index (χ0v) is 22.2. The lowest BCUT2D eigenvalue weighted by Gasteiger charge is -2.31. The number of rotatable bonds is 8. The van der Waals surface area contributed by atoms with Gasteiger partial charge >= 0.3 is 5.97 Å². The number of H-pyrrole nitrogens is 1. The number of carbonyl (C=O) groups excluding carboxylic acids is 1. The zero-order valence-electron chi connectivity index (χ0n) is 22.2. The molecule has 2 aliphatic rings. The van der Waals surface area contributed by atoms with E-state index in [1.165, 1.54) is 6.20 Å². The first-order valence-corrected chi connectivity index (χ1v) is 13.6. The minimum absolute atomic E-state index is 0.0115. The highest BCUT2D eigenvalue weighted by Crippen LogP contribution is 2.30. The van der Waals surface area contributed by atoms with E-state index in [9.17, 15) is 14.4 Å². The minimum Gasteiger partial charge on any atom is -0.481 e. The van der Waals surface area contributed by atoms with Gasteiger partial charge in [-0.25, -0.2) is 15.1 Å². The van der Waals surface area contributed by atoms with Crippen LogP contribution in [0.25, 0.3) is 10.9 Å². The number of aliphatic carboxylic acids is 1. The van der Waals surface area contributed by atoms with Crippen molar-refractivity contribution in [3.05, 3.63) is 52.2 Å². The number of fused-ring (bicyclic) bond motifs is 1. The summed E-state index contributed by atoms with van der Waals surface area (Å²) in [6.45, 7) is 3.62. The number of hydrogen-bond donors (Lipinski definition) is 3. The van der Waals surface area contributed by atoms with Crippen molar-refractivity contribution in [2.24, 2.45) is 5.92 Å².